The van der Waals surface area contributed by atoms with Gasteiger partial charge in [0.1, 0.15) is 0 Å². The van der Waals surface area contributed by atoms with Crippen LogP contribution in [0.15, 0.2) is 17.3 Å². The first-order chi connectivity index (χ1) is 11.1. The molecule has 0 aliphatic rings. The predicted octanol–water partition coefficient (Wildman–Crippen LogP) is 2.61. The van der Waals surface area contributed by atoms with Gasteiger partial charge in [0, 0.05) is 26.3 Å². The number of unbranched alkanes of at least 4 members (excludes halogenated alkanes) is 4. The molecule has 0 aliphatic heterocycles. The molecule has 7 heteroatoms. The Hall–Kier alpha value is -0.830. The SMILES string of the molecule is CCNC(=NCc1ccnn1C)NCCCCCCCN(C)C.I. The summed E-state index contributed by atoms with van der Waals surface area (Å²) in [4.78, 5) is 6.86. The van der Waals surface area contributed by atoms with Crippen molar-refractivity contribution in [3.05, 3.63) is 18.0 Å². The van der Waals surface area contributed by atoms with Crippen molar-refractivity contribution in [2.75, 3.05) is 33.7 Å². The fraction of sp³-hybridized carbons (Fsp3) is 0.765. The summed E-state index contributed by atoms with van der Waals surface area (Å²) in [5.74, 6) is 0.890. The molecule has 1 rings (SSSR count). The lowest BCUT2D eigenvalue weighted by Gasteiger charge is -2.11. The standard InChI is InChI=1S/C17H34N6.HI/c1-5-18-17(20-15-16-11-13-21-23(16)4)19-12-9-7-6-8-10-14-22(2)3;/h11,13H,5-10,12,14-15H2,1-4H3,(H2,18,19,20);1H. The molecule has 0 aromatic carbocycles. The fourth-order valence-corrected chi connectivity index (χ4v) is 2.35. The molecule has 0 fully saturated rings. The van der Waals surface area contributed by atoms with Gasteiger partial charge in [0.2, 0.25) is 0 Å². The molecule has 1 heterocycles. The highest BCUT2D eigenvalue weighted by Crippen LogP contribution is 2.03. The molecule has 0 amide bonds. The van der Waals surface area contributed by atoms with Crippen LogP contribution >= 0.6 is 24.0 Å². The van der Waals surface area contributed by atoms with Gasteiger partial charge in [0.05, 0.1) is 12.2 Å². The highest BCUT2D eigenvalue weighted by molar-refractivity contribution is 14.0. The predicted molar refractivity (Wildman–Crippen MR) is 113 cm³/mol. The molecule has 0 aliphatic carbocycles. The summed E-state index contributed by atoms with van der Waals surface area (Å²) in [5, 5.41) is 10.9. The van der Waals surface area contributed by atoms with Crippen molar-refractivity contribution in [3.8, 4) is 0 Å². The largest absolute Gasteiger partial charge is 0.357 e. The van der Waals surface area contributed by atoms with Gasteiger partial charge in [0.25, 0.3) is 0 Å². The Labute approximate surface area is 164 Å². The molecule has 0 saturated carbocycles. The molecule has 0 spiro atoms. The molecule has 6 nitrogen and oxygen atoms in total. The van der Waals surface area contributed by atoms with E-state index in [-0.39, 0.29) is 24.0 Å². The van der Waals surface area contributed by atoms with Crippen molar-refractivity contribution in [1.29, 1.82) is 0 Å². The third kappa shape index (κ3) is 10.9. The van der Waals surface area contributed by atoms with Crippen LogP contribution in [0.5, 0.6) is 0 Å². The summed E-state index contributed by atoms with van der Waals surface area (Å²) >= 11 is 0. The van der Waals surface area contributed by atoms with Gasteiger partial charge in [-0.3, -0.25) is 4.68 Å². The molecule has 1 aromatic heterocycles. The van der Waals surface area contributed by atoms with Crippen LogP contribution in [0.4, 0.5) is 0 Å². The van der Waals surface area contributed by atoms with Crippen molar-refractivity contribution in [1.82, 2.24) is 25.3 Å². The van der Waals surface area contributed by atoms with E-state index in [2.05, 4.69) is 46.6 Å². The number of rotatable bonds is 11. The summed E-state index contributed by atoms with van der Waals surface area (Å²) in [6, 6.07) is 2.00. The van der Waals surface area contributed by atoms with E-state index in [4.69, 9.17) is 0 Å². The molecule has 0 atom stereocenters. The van der Waals surface area contributed by atoms with Crippen LogP contribution in [0.3, 0.4) is 0 Å². The van der Waals surface area contributed by atoms with E-state index in [0.29, 0.717) is 6.54 Å². The fourth-order valence-electron chi connectivity index (χ4n) is 2.35. The quantitative estimate of drug-likeness (QED) is 0.236. The van der Waals surface area contributed by atoms with Crippen LogP contribution in [0.25, 0.3) is 0 Å². The van der Waals surface area contributed by atoms with Gasteiger partial charge in [-0.25, -0.2) is 4.99 Å². The zero-order valence-corrected chi connectivity index (χ0v) is 18.0. The molecule has 0 bridgehead atoms. The van der Waals surface area contributed by atoms with E-state index in [1.807, 2.05) is 24.0 Å². The lowest BCUT2D eigenvalue weighted by atomic mass is 10.1. The Bertz CT molecular complexity index is 444. The zero-order chi connectivity index (χ0) is 16.9. The summed E-state index contributed by atoms with van der Waals surface area (Å²) in [6.07, 6.45) is 8.22. The maximum Gasteiger partial charge on any atom is 0.191 e. The summed E-state index contributed by atoms with van der Waals surface area (Å²) < 4.78 is 1.86. The Morgan fingerprint density at radius 1 is 1.17 bits per heavy atom. The van der Waals surface area contributed by atoms with Crippen molar-refractivity contribution < 1.29 is 0 Å². The average Bonchev–Trinajstić information content (AvgIpc) is 2.92. The van der Waals surface area contributed by atoms with E-state index < -0.39 is 0 Å². The second-order valence-corrected chi connectivity index (χ2v) is 6.14. The molecular weight excluding hydrogens is 415 g/mol. The third-order valence-electron chi connectivity index (χ3n) is 3.74. The number of hydrogen-bond acceptors (Lipinski definition) is 3. The average molecular weight is 450 g/mol. The van der Waals surface area contributed by atoms with Crippen LogP contribution in [0.1, 0.15) is 44.7 Å². The Balaban J connectivity index is 0.00000529. The van der Waals surface area contributed by atoms with E-state index >= 15 is 0 Å². The summed E-state index contributed by atoms with van der Waals surface area (Å²) in [5.41, 5.74) is 1.11. The number of guanidine groups is 1. The lowest BCUT2D eigenvalue weighted by molar-refractivity contribution is 0.389. The van der Waals surface area contributed by atoms with Gasteiger partial charge in [-0.2, -0.15) is 5.10 Å². The number of aliphatic imine (C=N–C) groups is 1. The summed E-state index contributed by atoms with van der Waals surface area (Å²) in [7, 11) is 6.22. The van der Waals surface area contributed by atoms with Crippen molar-refractivity contribution in [3.63, 3.8) is 0 Å². The molecule has 0 saturated heterocycles. The lowest BCUT2D eigenvalue weighted by Crippen LogP contribution is -2.37. The highest BCUT2D eigenvalue weighted by atomic mass is 127. The van der Waals surface area contributed by atoms with Gasteiger partial charge in [0.15, 0.2) is 5.96 Å². The minimum atomic E-state index is 0. The molecule has 1 aromatic rings. The number of nitrogens with zero attached hydrogens (tertiary/aromatic N) is 4. The van der Waals surface area contributed by atoms with Crippen LogP contribution in [0.2, 0.25) is 0 Å². The first-order valence-electron chi connectivity index (χ1n) is 8.77. The number of halogens is 1. The Morgan fingerprint density at radius 2 is 1.88 bits per heavy atom. The minimum absolute atomic E-state index is 0. The van der Waals surface area contributed by atoms with E-state index in [9.17, 15) is 0 Å². The molecular formula is C17H35IN6. The topological polar surface area (TPSA) is 57.5 Å². The molecule has 140 valence electrons. The third-order valence-corrected chi connectivity index (χ3v) is 3.74. The van der Waals surface area contributed by atoms with E-state index in [0.717, 1.165) is 24.7 Å². The maximum atomic E-state index is 4.61. The van der Waals surface area contributed by atoms with Crippen molar-refractivity contribution in [2.45, 2.75) is 45.6 Å². The Morgan fingerprint density at radius 3 is 2.50 bits per heavy atom. The zero-order valence-electron chi connectivity index (χ0n) is 15.7. The van der Waals surface area contributed by atoms with E-state index in [1.165, 1.54) is 38.6 Å². The Kier molecular flexibility index (Phi) is 14.0. The number of hydrogen-bond donors (Lipinski definition) is 2. The van der Waals surface area contributed by atoms with Gasteiger partial charge in [-0.05, 0) is 46.5 Å². The van der Waals surface area contributed by atoms with Gasteiger partial charge < -0.3 is 15.5 Å². The second-order valence-electron chi connectivity index (χ2n) is 6.14. The number of nitrogens with one attached hydrogen (secondary N) is 2. The molecule has 0 unspecified atom stereocenters. The van der Waals surface area contributed by atoms with Crippen molar-refractivity contribution in [2.24, 2.45) is 12.0 Å². The van der Waals surface area contributed by atoms with Crippen LogP contribution < -0.4 is 10.6 Å². The highest BCUT2D eigenvalue weighted by Gasteiger charge is 2.00. The van der Waals surface area contributed by atoms with Crippen LogP contribution in [-0.2, 0) is 13.6 Å². The van der Waals surface area contributed by atoms with E-state index in [1.54, 1.807) is 0 Å². The first-order valence-corrected chi connectivity index (χ1v) is 8.77. The summed E-state index contributed by atoms with van der Waals surface area (Å²) in [6.45, 7) is 5.79. The minimum Gasteiger partial charge on any atom is -0.357 e. The number of aryl methyl sites for hydroxylation is 1. The maximum absolute atomic E-state index is 4.61. The molecule has 24 heavy (non-hydrogen) atoms. The monoisotopic (exact) mass is 450 g/mol. The first kappa shape index (κ1) is 23.2. The van der Waals surface area contributed by atoms with Gasteiger partial charge in [-0.1, -0.05) is 19.3 Å². The van der Waals surface area contributed by atoms with Crippen molar-refractivity contribution >= 4 is 29.9 Å². The smallest absolute Gasteiger partial charge is 0.191 e. The normalized spacial score (nSPS) is 11.5. The number of aromatic nitrogens is 2. The van der Waals surface area contributed by atoms with Gasteiger partial charge in [-0.15, -0.1) is 24.0 Å². The van der Waals surface area contributed by atoms with Gasteiger partial charge >= 0.3 is 0 Å². The van der Waals surface area contributed by atoms with Crippen LogP contribution in [-0.4, -0.2) is 54.4 Å². The molecule has 2 N–H and O–H groups in total. The van der Waals surface area contributed by atoms with Crippen LogP contribution in [0, 0.1) is 0 Å². The second kappa shape index (κ2) is 14.5. The molecule has 0 radical (unpaired) electrons.